The first-order chi connectivity index (χ1) is 15.3. The van der Waals surface area contributed by atoms with Crippen molar-refractivity contribution in [2.24, 2.45) is 0 Å². The summed E-state index contributed by atoms with van der Waals surface area (Å²) in [6.07, 6.45) is -0.714. The van der Waals surface area contributed by atoms with E-state index >= 15 is 0 Å². The highest BCUT2D eigenvalue weighted by atomic mass is 16.6. The van der Waals surface area contributed by atoms with Crippen molar-refractivity contribution in [1.29, 1.82) is 0 Å². The lowest BCUT2D eigenvalue weighted by Crippen LogP contribution is -2.64. The number of amides is 4. The van der Waals surface area contributed by atoms with E-state index in [1.165, 1.54) is 5.01 Å². The smallest absolute Gasteiger partial charge is 0.310 e. The van der Waals surface area contributed by atoms with Gasteiger partial charge in [0.05, 0.1) is 6.42 Å². The zero-order chi connectivity index (χ0) is 22.8. The van der Waals surface area contributed by atoms with E-state index in [4.69, 9.17) is 0 Å². The molecule has 0 aromatic heterocycles. The molecule has 1 aromatic carbocycles. The van der Waals surface area contributed by atoms with Crippen LogP contribution < -0.4 is 10.6 Å². The molecular weight excluding hydrogens is 420 g/mol. The molecule has 3 aliphatic rings. The normalized spacial score (nSPS) is 28.0. The van der Waals surface area contributed by atoms with Gasteiger partial charge in [-0.25, -0.2) is 5.01 Å². The van der Waals surface area contributed by atoms with Crippen LogP contribution in [-0.4, -0.2) is 75.7 Å². The summed E-state index contributed by atoms with van der Waals surface area (Å²) < 4.78 is 4.64. The molecule has 4 amide bonds. The summed E-state index contributed by atoms with van der Waals surface area (Å²) in [6, 6.07) is 5.46. The van der Waals surface area contributed by atoms with Crippen LogP contribution in [0.5, 0.6) is 0 Å². The first kappa shape index (κ1) is 21.8. The molecule has 0 spiro atoms. The van der Waals surface area contributed by atoms with Gasteiger partial charge in [0, 0.05) is 18.5 Å². The Bertz CT molecular complexity index is 937. The molecule has 3 aliphatic heterocycles. The summed E-state index contributed by atoms with van der Waals surface area (Å²) in [6.45, 7) is 0.279. The van der Waals surface area contributed by atoms with E-state index in [-0.39, 0.29) is 31.7 Å². The number of aliphatic hydroxyl groups is 1. The minimum atomic E-state index is -1.47. The molecule has 3 N–H and O–H groups in total. The van der Waals surface area contributed by atoms with Crippen LogP contribution in [0.1, 0.15) is 42.5 Å². The lowest BCUT2D eigenvalue weighted by molar-refractivity contribution is -0.176. The number of esters is 1. The molecule has 3 fully saturated rings. The van der Waals surface area contributed by atoms with Crippen molar-refractivity contribution >= 4 is 29.6 Å². The van der Waals surface area contributed by atoms with E-state index in [1.54, 1.807) is 30.3 Å². The molecule has 0 saturated carbocycles. The minimum Gasteiger partial charge on any atom is -0.434 e. The molecule has 0 radical (unpaired) electrons. The molecule has 4 atom stereocenters. The Morgan fingerprint density at radius 2 is 1.81 bits per heavy atom. The number of cyclic esters (lactones) is 1. The number of fused-ring (bicyclic) bond motifs is 1. The highest BCUT2D eigenvalue weighted by Gasteiger charge is 2.46. The first-order valence-corrected chi connectivity index (χ1v) is 10.5. The third kappa shape index (κ3) is 4.28. The highest BCUT2D eigenvalue weighted by Crippen LogP contribution is 2.26. The van der Waals surface area contributed by atoms with Gasteiger partial charge in [0.15, 0.2) is 0 Å². The maximum atomic E-state index is 13.4. The van der Waals surface area contributed by atoms with Gasteiger partial charge in [-0.3, -0.25) is 29.0 Å². The molecule has 170 valence electrons. The lowest BCUT2D eigenvalue weighted by Gasteiger charge is -2.43. The van der Waals surface area contributed by atoms with Crippen molar-refractivity contribution < 1.29 is 33.8 Å². The molecule has 0 aliphatic carbocycles. The Labute approximate surface area is 183 Å². The highest BCUT2D eigenvalue weighted by molar-refractivity contribution is 5.99. The summed E-state index contributed by atoms with van der Waals surface area (Å²) in [5.74, 6) is -2.57. The Kier molecular flexibility index (Phi) is 6.08. The number of hydrogen-bond donors (Lipinski definition) is 3. The second-order valence-electron chi connectivity index (χ2n) is 7.99. The molecule has 3 heterocycles. The summed E-state index contributed by atoms with van der Waals surface area (Å²) in [7, 11) is 0. The SMILES string of the molecule is O=C1CC(NC(=O)[C@@H]2CCCN3C(=O)CC[C@H](NC(=O)c4ccccc4)C(=O)N23)C(O)O1. The molecule has 3 saturated heterocycles. The van der Waals surface area contributed by atoms with Crippen LogP contribution in [0.3, 0.4) is 0 Å². The van der Waals surface area contributed by atoms with Crippen molar-refractivity contribution in [3.05, 3.63) is 35.9 Å². The number of carbonyl (C=O) groups is 5. The number of carbonyl (C=O) groups excluding carboxylic acids is 5. The number of benzene rings is 1. The molecule has 11 heteroatoms. The van der Waals surface area contributed by atoms with Gasteiger partial charge in [-0.05, 0) is 31.4 Å². The van der Waals surface area contributed by atoms with E-state index < -0.39 is 48.1 Å². The zero-order valence-corrected chi connectivity index (χ0v) is 17.2. The Morgan fingerprint density at radius 1 is 1.06 bits per heavy atom. The van der Waals surface area contributed by atoms with Gasteiger partial charge < -0.3 is 20.5 Å². The van der Waals surface area contributed by atoms with E-state index in [1.807, 2.05) is 0 Å². The summed E-state index contributed by atoms with van der Waals surface area (Å²) in [5, 5.41) is 17.4. The molecule has 4 rings (SSSR count). The third-order valence-corrected chi connectivity index (χ3v) is 5.82. The fourth-order valence-electron chi connectivity index (χ4n) is 4.18. The first-order valence-electron chi connectivity index (χ1n) is 10.5. The monoisotopic (exact) mass is 444 g/mol. The van der Waals surface area contributed by atoms with Gasteiger partial charge in [0.2, 0.25) is 18.1 Å². The maximum Gasteiger partial charge on any atom is 0.310 e. The molecule has 2 unspecified atom stereocenters. The van der Waals surface area contributed by atoms with Gasteiger partial charge in [-0.2, -0.15) is 0 Å². The standard InChI is InChI=1S/C21H24N4O7/c26-16-9-8-13(22-18(28)12-5-2-1-3-6-12)20(30)25-15(7-4-10-24(16)25)19(29)23-14-11-17(27)32-21(14)31/h1-3,5-6,13-15,21,31H,4,7-11H2,(H,22,28)(H,23,29)/t13-,14?,15-,21?/m0/s1. The minimum absolute atomic E-state index is 0.0417. The summed E-state index contributed by atoms with van der Waals surface area (Å²) in [5.41, 5.74) is 0.376. The molecule has 1 aromatic rings. The molecule has 32 heavy (non-hydrogen) atoms. The van der Waals surface area contributed by atoms with E-state index in [9.17, 15) is 29.1 Å². The fraction of sp³-hybridized carbons (Fsp3) is 0.476. The molecule has 0 bridgehead atoms. The predicted molar refractivity (Wildman–Crippen MR) is 107 cm³/mol. The Balaban J connectivity index is 1.53. The summed E-state index contributed by atoms with van der Waals surface area (Å²) in [4.78, 5) is 63.0. The van der Waals surface area contributed by atoms with E-state index in [0.29, 0.717) is 18.4 Å². The van der Waals surface area contributed by atoms with Gasteiger partial charge in [0.1, 0.15) is 18.1 Å². The maximum absolute atomic E-state index is 13.4. The Morgan fingerprint density at radius 3 is 2.50 bits per heavy atom. The van der Waals surface area contributed by atoms with E-state index in [0.717, 1.165) is 5.01 Å². The van der Waals surface area contributed by atoms with Gasteiger partial charge in [0.25, 0.3) is 11.8 Å². The quantitative estimate of drug-likeness (QED) is 0.509. The van der Waals surface area contributed by atoms with Crippen molar-refractivity contribution in [2.45, 2.75) is 56.5 Å². The Hall–Kier alpha value is -3.47. The van der Waals surface area contributed by atoms with Crippen molar-refractivity contribution in [2.75, 3.05) is 6.54 Å². The number of hydrogen-bond acceptors (Lipinski definition) is 7. The average Bonchev–Trinajstić information content (AvgIpc) is 3.05. The van der Waals surface area contributed by atoms with Crippen LogP contribution >= 0.6 is 0 Å². The zero-order valence-electron chi connectivity index (χ0n) is 17.2. The number of hydrazine groups is 1. The van der Waals surface area contributed by atoms with Crippen LogP contribution in [0.2, 0.25) is 0 Å². The largest absolute Gasteiger partial charge is 0.434 e. The number of aliphatic hydroxyl groups excluding tert-OH is 1. The van der Waals surface area contributed by atoms with Crippen molar-refractivity contribution in [3.63, 3.8) is 0 Å². The number of nitrogens with zero attached hydrogens (tertiary/aromatic N) is 2. The second-order valence-corrected chi connectivity index (χ2v) is 7.99. The molecule has 11 nitrogen and oxygen atoms in total. The third-order valence-electron chi connectivity index (χ3n) is 5.82. The van der Waals surface area contributed by atoms with Crippen LogP contribution in [0.25, 0.3) is 0 Å². The van der Waals surface area contributed by atoms with Crippen LogP contribution in [-0.2, 0) is 23.9 Å². The van der Waals surface area contributed by atoms with Crippen LogP contribution in [0.15, 0.2) is 30.3 Å². The van der Waals surface area contributed by atoms with Gasteiger partial charge in [-0.15, -0.1) is 0 Å². The average molecular weight is 444 g/mol. The van der Waals surface area contributed by atoms with Crippen LogP contribution in [0.4, 0.5) is 0 Å². The fourth-order valence-corrected chi connectivity index (χ4v) is 4.18. The van der Waals surface area contributed by atoms with Crippen LogP contribution in [0, 0.1) is 0 Å². The number of rotatable bonds is 4. The molecular formula is C21H24N4O7. The van der Waals surface area contributed by atoms with Gasteiger partial charge >= 0.3 is 5.97 Å². The number of ether oxygens (including phenoxy) is 1. The summed E-state index contributed by atoms with van der Waals surface area (Å²) >= 11 is 0. The van der Waals surface area contributed by atoms with E-state index in [2.05, 4.69) is 15.4 Å². The second kappa shape index (κ2) is 8.95. The number of nitrogens with one attached hydrogen (secondary N) is 2. The predicted octanol–water partition coefficient (Wildman–Crippen LogP) is -0.936. The lowest BCUT2D eigenvalue weighted by atomic mass is 10.0. The van der Waals surface area contributed by atoms with Gasteiger partial charge in [-0.1, -0.05) is 18.2 Å². The van der Waals surface area contributed by atoms with Crippen molar-refractivity contribution in [1.82, 2.24) is 20.7 Å². The topological polar surface area (TPSA) is 145 Å². The van der Waals surface area contributed by atoms with Crippen molar-refractivity contribution in [3.8, 4) is 0 Å².